The van der Waals surface area contributed by atoms with Crippen molar-refractivity contribution in [3.8, 4) is 0 Å². The Labute approximate surface area is 126 Å². The van der Waals surface area contributed by atoms with Crippen LogP contribution in [0.3, 0.4) is 0 Å². The Hall–Kier alpha value is -0.630. The smallest absolute Gasteiger partial charge is 0.323 e. The van der Waals surface area contributed by atoms with Crippen LogP contribution in [0.2, 0.25) is 0 Å². The van der Waals surface area contributed by atoms with Gasteiger partial charge in [0.2, 0.25) is 0 Å². The Morgan fingerprint density at radius 3 is 2.95 bits per heavy atom. The van der Waals surface area contributed by atoms with E-state index in [0.29, 0.717) is 12.8 Å². The molecule has 1 saturated carbocycles. The summed E-state index contributed by atoms with van der Waals surface area (Å²) in [5.41, 5.74) is -0.811. The van der Waals surface area contributed by atoms with E-state index in [9.17, 15) is 9.90 Å². The summed E-state index contributed by atoms with van der Waals surface area (Å²) in [4.78, 5) is 11.7. The average Bonchev–Trinajstić information content (AvgIpc) is 2.75. The molecule has 0 saturated heterocycles. The van der Waals surface area contributed by atoms with Crippen molar-refractivity contribution in [2.75, 3.05) is 0 Å². The minimum atomic E-state index is -0.811. The third-order valence-electron chi connectivity index (χ3n) is 3.64. The second-order valence-electron chi connectivity index (χ2n) is 5.58. The van der Waals surface area contributed by atoms with Gasteiger partial charge < -0.3 is 5.11 Å². The average molecular weight is 377 g/mol. The number of hydrogen-bond donors (Lipinski definition) is 2. The van der Waals surface area contributed by atoms with Crippen LogP contribution in [-0.2, 0) is 4.79 Å². The first-order chi connectivity index (χ1) is 8.93. The fraction of sp³-hybridized carbons (Fsp3) is 0.692. The maximum atomic E-state index is 11.7. The molecule has 2 N–H and O–H groups in total. The molecule has 1 fully saturated rings. The molecule has 0 bridgehead atoms. The highest BCUT2D eigenvalue weighted by molar-refractivity contribution is 14.1. The molecule has 6 heteroatoms. The van der Waals surface area contributed by atoms with E-state index >= 15 is 0 Å². The molecule has 1 aromatic heterocycles. The lowest BCUT2D eigenvalue weighted by molar-refractivity contribution is -0.147. The van der Waals surface area contributed by atoms with E-state index in [-0.39, 0.29) is 12.1 Å². The van der Waals surface area contributed by atoms with E-state index in [0.717, 1.165) is 16.4 Å². The van der Waals surface area contributed by atoms with Crippen molar-refractivity contribution in [2.24, 2.45) is 0 Å². The van der Waals surface area contributed by atoms with Crippen molar-refractivity contribution in [2.45, 2.75) is 57.2 Å². The Morgan fingerprint density at radius 1 is 1.68 bits per heavy atom. The number of halogens is 1. The standard InChI is InChI=1S/C13H20IN3O2/c1-9(2)16-13(12(18)19)5-3-4-11(6-13)17-8-10(14)7-15-17/h7-9,11,16H,3-6H2,1-2H3,(H,18,19). The topological polar surface area (TPSA) is 67.2 Å². The number of hydrogen-bond acceptors (Lipinski definition) is 3. The van der Waals surface area contributed by atoms with Crippen LogP contribution in [0.15, 0.2) is 12.4 Å². The van der Waals surface area contributed by atoms with Crippen LogP contribution in [0, 0.1) is 3.57 Å². The first-order valence-corrected chi connectivity index (χ1v) is 7.71. The Morgan fingerprint density at radius 2 is 2.42 bits per heavy atom. The van der Waals surface area contributed by atoms with Crippen molar-refractivity contribution >= 4 is 28.6 Å². The van der Waals surface area contributed by atoms with Crippen LogP contribution in [-0.4, -0.2) is 32.4 Å². The monoisotopic (exact) mass is 377 g/mol. The second-order valence-corrected chi connectivity index (χ2v) is 6.82. The largest absolute Gasteiger partial charge is 0.480 e. The molecule has 2 unspecified atom stereocenters. The lowest BCUT2D eigenvalue weighted by Gasteiger charge is -2.39. The van der Waals surface area contributed by atoms with Crippen LogP contribution in [0.5, 0.6) is 0 Å². The molecule has 2 atom stereocenters. The molecule has 1 aliphatic rings. The van der Waals surface area contributed by atoms with Crippen molar-refractivity contribution in [3.63, 3.8) is 0 Å². The molecular formula is C13H20IN3O2. The maximum absolute atomic E-state index is 11.7. The van der Waals surface area contributed by atoms with Gasteiger partial charge in [0, 0.05) is 12.2 Å². The van der Waals surface area contributed by atoms with Gasteiger partial charge in [-0.25, -0.2) is 0 Å². The molecular weight excluding hydrogens is 357 g/mol. The lowest BCUT2D eigenvalue weighted by atomic mass is 9.78. The molecule has 5 nitrogen and oxygen atoms in total. The van der Waals surface area contributed by atoms with Crippen LogP contribution >= 0.6 is 22.6 Å². The normalized spacial score (nSPS) is 27.7. The minimum Gasteiger partial charge on any atom is -0.480 e. The van der Waals surface area contributed by atoms with Gasteiger partial charge in [-0.15, -0.1) is 0 Å². The van der Waals surface area contributed by atoms with Gasteiger partial charge in [0.05, 0.1) is 15.8 Å². The summed E-state index contributed by atoms with van der Waals surface area (Å²) in [7, 11) is 0. The molecule has 0 aliphatic heterocycles. The molecule has 19 heavy (non-hydrogen) atoms. The molecule has 106 valence electrons. The summed E-state index contributed by atoms with van der Waals surface area (Å²) >= 11 is 2.22. The first-order valence-electron chi connectivity index (χ1n) is 6.64. The predicted octanol–water partition coefficient (Wildman–Crippen LogP) is 2.42. The zero-order valence-electron chi connectivity index (χ0n) is 11.3. The minimum absolute atomic E-state index is 0.160. The number of carboxylic acids is 1. The molecule has 0 spiro atoms. The SMILES string of the molecule is CC(C)NC1(C(=O)O)CCCC(n2cc(I)cn2)C1. The molecule has 0 amide bonds. The van der Waals surface area contributed by atoms with E-state index in [1.807, 2.05) is 30.9 Å². The highest BCUT2D eigenvalue weighted by Gasteiger charge is 2.43. The van der Waals surface area contributed by atoms with E-state index in [2.05, 4.69) is 33.0 Å². The van der Waals surface area contributed by atoms with Gasteiger partial charge in [-0.05, 0) is 62.1 Å². The lowest BCUT2D eigenvalue weighted by Crippen LogP contribution is -2.57. The summed E-state index contributed by atoms with van der Waals surface area (Å²) in [6, 6.07) is 0.326. The van der Waals surface area contributed by atoms with Crippen molar-refractivity contribution in [3.05, 3.63) is 16.0 Å². The number of carboxylic acid groups (broad SMARTS) is 1. The second kappa shape index (κ2) is 5.78. The quantitative estimate of drug-likeness (QED) is 0.791. The fourth-order valence-corrected chi connectivity index (χ4v) is 3.34. The number of nitrogens with one attached hydrogen (secondary N) is 1. The van der Waals surface area contributed by atoms with Gasteiger partial charge in [-0.3, -0.25) is 14.8 Å². The van der Waals surface area contributed by atoms with Gasteiger partial charge in [-0.1, -0.05) is 0 Å². The van der Waals surface area contributed by atoms with Crippen LogP contribution in [0.25, 0.3) is 0 Å². The molecule has 0 radical (unpaired) electrons. The molecule has 0 aromatic carbocycles. The fourth-order valence-electron chi connectivity index (χ4n) is 2.93. The number of aliphatic carboxylic acids is 1. The first kappa shape index (κ1) is 14.8. The maximum Gasteiger partial charge on any atom is 0.323 e. The summed E-state index contributed by atoms with van der Waals surface area (Å²) in [6.45, 7) is 3.98. The zero-order valence-corrected chi connectivity index (χ0v) is 13.4. The van der Waals surface area contributed by atoms with Crippen molar-refractivity contribution in [1.29, 1.82) is 0 Å². The number of carbonyl (C=O) groups is 1. The molecule has 1 aromatic rings. The van der Waals surface area contributed by atoms with Gasteiger partial charge in [0.15, 0.2) is 0 Å². The Kier molecular flexibility index (Phi) is 4.50. The summed E-state index contributed by atoms with van der Waals surface area (Å²) in [5, 5.41) is 17.2. The molecule has 1 heterocycles. The van der Waals surface area contributed by atoms with Gasteiger partial charge >= 0.3 is 5.97 Å². The van der Waals surface area contributed by atoms with E-state index < -0.39 is 11.5 Å². The van der Waals surface area contributed by atoms with Crippen molar-refractivity contribution < 1.29 is 9.90 Å². The Balaban J connectivity index is 2.20. The van der Waals surface area contributed by atoms with Gasteiger partial charge in [0.25, 0.3) is 0 Å². The van der Waals surface area contributed by atoms with Crippen LogP contribution in [0.1, 0.15) is 45.6 Å². The zero-order chi connectivity index (χ0) is 14.0. The number of aromatic nitrogens is 2. The summed E-state index contributed by atoms with van der Waals surface area (Å²) in [6.07, 6.45) is 6.99. The number of rotatable bonds is 4. The van der Waals surface area contributed by atoms with Gasteiger partial charge in [-0.2, -0.15) is 5.10 Å². The number of nitrogens with zero attached hydrogens (tertiary/aromatic N) is 2. The molecule has 2 rings (SSSR count). The van der Waals surface area contributed by atoms with E-state index in [1.165, 1.54) is 0 Å². The van der Waals surface area contributed by atoms with Gasteiger partial charge in [0.1, 0.15) is 5.54 Å². The Bertz CT molecular complexity index is 460. The van der Waals surface area contributed by atoms with E-state index in [1.54, 1.807) is 0 Å². The summed E-state index contributed by atoms with van der Waals surface area (Å²) < 4.78 is 3.00. The van der Waals surface area contributed by atoms with Crippen LogP contribution < -0.4 is 5.32 Å². The third kappa shape index (κ3) is 3.28. The van der Waals surface area contributed by atoms with Crippen LogP contribution in [0.4, 0.5) is 0 Å². The third-order valence-corrected chi connectivity index (χ3v) is 4.20. The highest BCUT2D eigenvalue weighted by Crippen LogP contribution is 2.36. The van der Waals surface area contributed by atoms with E-state index in [4.69, 9.17) is 0 Å². The van der Waals surface area contributed by atoms with Crippen molar-refractivity contribution in [1.82, 2.24) is 15.1 Å². The highest BCUT2D eigenvalue weighted by atomic mass is 127. The summed E-state index contributed by atoms with van der Waals surface area (Å²) in [5.74, 6) is -0.743. The molecule has 1 aliphatic carbocycles. The predicted molar refractivity (Wildman–Crippen MR) is 81.1 cm³/mol.